The minimum absolute atomic E-state index is 0.292. The van der Waals surface area contributed by atoms with Crippen LogP contribution in [0.5, 0.6) is 0 Å². The van der Waals surface area contributed by atoms with Crippen LogP contribution >= 0.6 is 11.3 Å². The number of anilines is 1. The summed E-state index contributed by atoms with van der Waals surface area (Å²) >= 11 is 1.88. The van der Waals surface area contributed by atoms with E-state index in [9.17, 15) is 8.42 Å². The molecule has 0 amide bonds. The van der Waals surface area contributed by atoms with E-state index in [4.69, 9.17) is 9.97 Å². The van der Waals surface area contributed by atoms with Crippen LogP contribution in [0.1, 0.15) is 23.4 Å². The Bertz CT molecular complexity index is 1390. The first-order valence-corrected chi connectivity index (χ1v) is 13.9. The fraction of sp³-hybridized carbons (Fsp3) is 0.360. The van der Waals surface area contributed by atoms with Gasteiger partial charge >= 0.3 is 0 Å². The van der Waals surface area contributed by atoms with Gasteiger partial charge in [-0.25, -0.2) is 18.4 Å². The van der Waals surface area contributed by atoms with Crippen molar-refractivity contribution in [2.75, 3.05) is 31.3 Å². The van der Waals surface area contributed by atoms with Crippen molar-refractivity contribution in [3.8, 4) is 0 Å². The summed E-state index contributed by atoms with van der Waals surface area (Å²) in [5.74, 6) is 0.691. The van der Waals surface area contributed by atoms with E-state index in [-0.39, 0.29) is 0 Å². The number of aromatic nitrogens is 2. The third-order valence-corrected chi connectivity index (χ3v) is 8.74. The van der Waals surface area contributed by atoms with Crippen LogP contribution in [-0.4, -0.2) is 55.7 Å². The summed E-state index contributed by atoms with van der Waals surface area (Å²) in [5.41, 5.74) is 1.56. The third kappa shape index (κ3) is 4.60. The van der Waals surface area contributed by atoms with Gasteiger partial charge in [0.15, 0.2) is 9.84 Å². The molecule has 0 bridgehead atoms. The van der Waals surface area contributed by atoms with Gasteiger partial charge in [-0.2, -0.15) is 0 Å². The third-order valence-electron chi connectivity index (χ3n) is 6.53. The van der Waals surface area contributed by atoms with E-state index in [1.54, 1.807) is 18.2 Å². The molecule has 1 aliphatic rings. The molecule has 0 saturated carbocycles. The quantitative estimate of drug-likeness (QED) is 0.414. The summed E-state index contributed by atoms with van der Waals surface area (Å²) in [6.45, 7) is 4.69. The maximum atomic E-state index is 12.0. The standard InChI is InChI=1S/C25H28N4O2S2/c1-17-22-9-8-21(33(3,30)31)15-23(22)27-25(26-17)29-12-10-19(11-13-29)28(2)16-20-14-18-6-4-5-7-24(18)32-20/h4-9,14-15,19H,10-13,16H2,1-3H3. The smallest absolute Gasteiger partial charge is 0.226 e. The van der Waals surface area contributed by atoms with Gasteiger partial charge in [0.1, 0.15) is 0 Å². The molecule has 172 valence electrons. The van der Waals surface area contributed by atoms with Crippen LogP contribution in [0.4, 0.5) is 5.95 Å². The van der Waals surface area contributed by atoms with Crippen molar-refractivity contribution < 1.29 is 8.42 Å². The van der Waals surface area contributed by atoms with Gasteiger partial charge in [-0.05, 0) is 62.5 Å². The fourth-order valence-electron chi connectivity index (χ4n) is 4.62. The molecule has 5 rings (SSSR count). The maximum absolute atomic E-state index is 12.0. The summed E-state index contributed by atoms with van der Waals surface area (Å²) in [4.78, 5) is 15.8. The van der Waals surface area contributed by atoms with Crippen molar-refractivity contribution in [2.45, 2.75) is 37.2 Å². The topological polar surface area (TPSA) is 66.4 Å². The van der Waals surface area contributed by atoms with Gasteiger partial charge in [0.05, 0.1) is 16.1 Å². The molecule has 0 atom stereocenters. The van der Waals surface area contributed by atoms with Crippen LogP contribution < -0.4 is 4.90 Å². The summed E-state index contributed by atoms with van der Waals surface area (Å²) in [6, 6.07) is 16.5. The Hall–Kier alpha value is -2.55. The maximum Gasteiger partial charge on any atom is 0.226 e. The van der Waals surface area contributed by atoms with Crippen LogP contribution in [0.3, 0.4) is 0 Å². The highest BCUT2D eigenvalue weighted by Gasteiger charge is 2.25. The number of hydrogen-bond donors (Lipinski definition) is 0. The van der Waals surface area contributed by atoms with Crippen LogP contribution in [0, 0.1) is 6.92 Å². The van der Waals surface area contributed by atoms with E-state index in [2.05, 4.69) is 47.2 Å². The van der Waals surface area contributed by atoms with Crippen molar-refractivity contribution in [2.24, 2.45) is 0 Å². The van der Waals surface area contributed by atoms with Crippen LogP contribution in [0.2, 0.25) is 0 Å². The lowest BCUT2D eigenvalue weighted by Crippen LogP contribution is -2.43. The molecule has 0 spiro atoms. The second-order valence-corrected chi connectivity index (χ2v) is 12.1. The van der Waals surface area contributed by atoms with Crippen molar-refractivity contribution >= 4 is 48.1 Å². The Labute approximate surface area is 198 Å². The van der Waals surface area contributed by atoms with E-state index in [0.29, 0.717) is 22.4 Å². The summed E-state index contributed by atoms with van der Waals surface area (Å²) < 4.78 is 25.3. The Morgan fingerprint density at radius 1 is 1.09 bits per heavy atom. The predicted molar refractivity (Wildman–Crippen MR) is 136 cm³/mol. The molecule has 0 radical (unpaired) electrons. The fourth-order valence-corrected chi connectivity index (χ4v) is 6.39. The van der Waals surface area contributed by atoms with Gasteiger partial charge in [0.25, 0.3) is 0 Å². The van der Waals surface area contributed by atoms with Gasteiger partial charge in [-0.3, -0.25) is 4.90 Å². The number of sulfone groups is 1. The molecule has 1 saturated heterocycles. The SMILES string of the molecule is Cc1nc(N2CCC(N(C)Cc3cc4ccccc4s3)CC2)nc2cc(S(C)(=O)=O)ccc12. The molecule has 6 nitrogen and oxygen atoms in total. The minimum atomic E-state index is -3.27. The molecule has 2 aromatic carbocycles. The van der Waals surface area contributed by atoms with Gasteiger partial charge in [0, 0.05) is 46.9 Å². The van der Waals surface area contributed by atoms with E-state index in [1.807, 2.05) is 18.3 Å². The molecular formula is C25H28N4O2S2. The van der Waals surface area contributed by atoms with Gasteiger partial charge in [-0.15, -0.1) is 11.3 Å². The Balaban J connectivity index is 1.29. The number of hydrogen-bond acceptors (Lipinski definition) is 7. The summed E-state index contributed by atoms with van der Waals surface area (Å²) in [6.07, 6.45) is 3.32. The monoisotopic (exact) mass is 480 g/mol. The molecule has 0 N–H and O–H groups in total. The molecule has 3 heterocycles. The van der Waals surface area contributed by atoms with Crippen molar-refractivity contribution in [1.82, 2.24) is 14.9 Å². The zero-order valence-corrected chi connectivity index (χ0v) is 20.8. The average molecular weight is 481 g/mol. The van der Waals surface area contributed by atoms with Crippen molar-refractivity contribution in [1.29, 1.82) is 0 Å². The first-order valence-electron chi connectivity index (χ1n) is 11.2. The zero-order valence-electron chi connectivity index (χ0n) is 19.2. The highest BCUT2D eigenvalue weighted by Crippen LogP contribution is 2.29. The number of nitrogens with zero attached hydrogens (tertiary/aromatic N) is 4. The van der Waals surface area contributed by atoms with E-state index >= 15 is 0 Å². The second kappa shape index (κ2) is 8.66. The molecule has 8 heteroatoms. The second-order valence-electron chi connectivity index (χ2n) is 8.94. The molecule has 0 aliphatic carbocycles. The highest BCUT2D eigenvalue weighted by atomic mass is 32.2. The molecule has 1 aliphatic heterocycles. The number of rotatable bonds is 5. The number of piperidine rings is 1. The minimum Gasteiger partial charge on any atom is -0.341 e. The molecule has 2 aromatic heterocycles. The van der Waals surface area contributed by atoms with Crippen molar-refractivity contribution in [3.63, 3.8) is 0 Å². The molecule has 4 aromatic rings. The van der Waals surface area contributed by atoms with Gasteiger partial charge in [-0.1, -0.05) is 18.2 Å². The lowest BCUT2D eigenvalue weighted by molar-refractivity contribution is 0.201. The highest BCUT2D eigenvalue weighted by molar-refractivity contribution is 7.90. The van der Waals surface area contributed by atoms with E-state index in [1.165, 1.54) is 21.2 Å². The Kier molecular flexibility index (Phi) is 5.84. The van der Waals surface area contributed by atoms with Crippen LogP contribution in [0.25, 0.3) is 21.0 Å². The molecule has 33 heavy (non-hydrogen) atoms. The molecular weight excluding hydrogens is 452 g/mol. The van der Waals surface area contributed by atoms with E-state index < -0.39 is 9.84 Å². The number of benzene rings is 2. The number of thiophene rings is 1. The van der Waals surface area contributed by atoms with Crippen LogP contribution in [-0.2, 0) is 16.4 Å². The van der Waals surface area contributed by atoms with Gasteiger partial charge < -0.3 is 4.90 Å². The summed E-state index contributed by atoms with van der Waals surface area (Å²) in [5, 5.41) is 2.22. The van der Waals surface area contributed by atoms with Gasteiger partial charge in [0.2, 0.25) is 5.95 Å². The Morgan fingerprint density at radius 3 is 2.58 bits per heavy atom. The average Bonchev–Trinajstić information content (AvgIpc) is 3.20. The van der Waals surface area contributed by atoms with Crippen molar-refractivity contribution in [3.05, 3.63) is 59.1 Å². The zero-order chi connectivity index (χ0) is 23.2. The molecule has 0 unspecified atom stereocenters. The normalized spacial score (nSPS) is 15.7. The predicted octanol–water partition coefficient (Wildman–Crippen LogP) is 4.66. The summed E-state index contributed by atoms with van der Waals surface area (Å²) in [7, 11) is -1.06. The van der Waals surface area contributed by atoms with Crippen LogP contribution in [0.15, 0.2) is 53.4 Å². The molecule has 1 fully saturated rings. The number of aryl methyl sites for hydroxylation is 1. The van der Waals surface area contributed by atoms with E-state index in [0.717, 1.165) is 43.6 Å². The lowest BCUT2D eigenvalue weighted by Gasteiger charge is -2.36. The lowest BCUT2D eigenvalue weighted by atomic mass is 10.0. The largest absolute Gasteiger partial charge is 0.341 e. The first kappa shape index (κ1) is 22.3. The Morgan fingerprint density at radius 2 is 1.85 bits per heavy atom. The first-order chi connectivity index (χ1) is 15.8. The number of fused-ring (bicyclic) bond motifs is 2.